The summed E-state index contributed by atoms with van der Waals surface area (Å²) in [5.74, 6) is -0.698. The number of nitrogens with two attached hydrogens (primary N) is 1. The lowest BCUT2D eigenvalue weighted by atomic mass is 10.6. The molecule has 0 fully saturated rings. The van der Waals surface area contributed by atoms with E-state index in [4.69, 9.17) is 10.5 Å². The van der Waals surface area contributed by atoms with Gasteiger partial charge in [-0.3, -0.25) is 4.79 Å². The average molecular weight is 239 g/mol. The lowest BCUT2D eigenvalue weighted by molar-refractivity contribution is -0.118. The fourth-order valence-electron chi connectivity index (χ4n) is 0.874. The first kappa shape index (κ1) is 14.3. The Morgan fingerprint density at radius 1 is 1.40 bits per heavy atom. The number of hydrogen-bond donors (Lipinski definition) is 1. The van der Waals surface area contributed by atoms with E-state index >= 15 is 0 Å². The molecule has 0 bridgehead atoms. The van der Waals surface area contributed by atoms with Crippen molar-refractivity contribution in [3.05, 3.63) is 0 Å². The van der Waals surface area contributed by atoms with Crippen LogP contribution in [0.3, 0.4) is 0 Å². The highest BCUT2D eigenvalue weighted by Gasteiger charge is 2.25. The van der Waals surface area contributed by atoms with Crippen LogP contribution in [0.4, 0.5) is 0 Å². The van der Waals surface area contributed by atoms with Crippen molar-refractivity contribution >= 4 is 16.1 Å². The van der Waals surface area contributed by atoms with Gasteiger partial charge in [0.2, 0.25) is 5.91 Å². The highest BCUT2D eigenvalue weighted by atomic mass is 32.2. The summed E-state index contributed by atoms with van der Waals surface area (Å²) in [6, 6.07) is 0. The van der Waals surface area contributed by atoms with Gasteiger partial charge < -0.3 is 10.5 Å². The van der Waals surface area contributed by atoms with E-state index in [1.165, 1.54) is 21.2 Å². The number of carbonyl (C=O) groups excluding carboxylic acids is 1. The molecule has 0 saturated heterocycles. The van der Waals surface area contributed by atoms with Crippen LogP contribution in [0.5, 0.6) is 0 Å². The summed E-state index contributed by atoms with van der Waals surface area (Å²) in [5, 5.41) is 0. The van der Waals surface area contributed by atoms with Gasteiger partial charge in [0.15, 0.2) is 0 Å². The van der Waals surface area contributed by atoms with Gasteiger partial charge in [-0.05, 0) is 0 Å². The van der Waals surface area contributed by atoms with Crippen molar-refractivity contribution in [2.24, 2.45) is 5.73 Å². The van der Waals surface area contributed by atoms with E-state index in [0.29, 0.717) is 0 Å². The van der Waals surface area contributed by atoms with E-state index < -0.39 is 16.1 Å². The maximum Gasteiger partial charge on any atom is 0.282 e. The number of methoxy groups -OCH3 is 1. The van der Waals surface area contributed by atoms with Crippen LogP contribution in [0.1, 0.15) is 0 Å². The number of primary amides is 1. The van der Waals surface area contributed by atoms with E-state index in [-0.39, 0.29) is 19.7 Å². The molecule has 8 heteroatoms. The predicted molar refractivity (Wildman–Crippen MR) is 55.3 cm³/mol. The molecule has 0 aliphatic heterocycles. The summed E-state index contributed by atoms with van der Waals surface area (Å²) >= 11 is 0. The van der Waals surface area contributed by atoms with E-state index in [0.717, 1.165) is 8.61 Å². The quantitative estimate of drug-likeness (QED) is 0.569. The fourth-order valence-corrected chi connectivity index (χ4v) is 1.93. The monoisotopic (exact) mass is 239 g/mol. The number of carbonyl (C=O) groups is 1. The normalized spacial score (nSPS) is 12.3. The van der Waals surface area contributed by atoms with Crippen LogP contribution >= 0.6 is 0 Å². The van der Waals surface area contributed by atoms with Gasteiger partial charge in [0.1, 0.15) is 0 Å². The molecule has 2 N–H and O–H groups in total. The summed E-state index contributed by atoms with van der Waals surface area (Å²) in [5.41, 5.74) is 4.96. The van der Waals surface area contributed by atoms with Crippen molar-refractivity contribution in [1.29, 1.82) is 0 Å². The van der Waals surface area contributed by atoms with Crippen molar-refractivity contribution in [3.63, 3.8) is 0 Å². The molecular formula is C7H17N3O4S. The third kappa shape index (κ3) is 4.56. The number of hydrogen-bond acceptors (Lipinski definition) is 4. The van der Waals surface area contributed by atoms with E-state index in [2.05, 4.69) is 0 Å². The van der Waals surface area contributed by atoms with Gasteiger partial charge in [0.25, 0.3) is 10.2 Å². The summed E-state index contributed by atoms with van der Waals surface area (Å²) in [4.78, 5) is 10.7. The van der Waals surface area contributed by atoms with E-state index in [1.807, 2.05) is 0 Å². The van der Waals surface area contributed by atoms with E-state index in [1.54, 1.807) is 0 Å². The molecule has 0 spiro atoms. The molecule has 0 aromatic heterocycles. The van der Waals surface area contributed by atoms with Gasteiger partial charge in [-0.25, -0.2) is 0 Å². The molecule has 0 aromatic carbocycles. The minimum absolute atomic E-state index is 0.0972. The van der Waals surface area contributed by atoms with E-state index in [9.17, 15) is 13.2 Å². The smallest absolute Gasteiger partial charge is 0.282 e. The summed E-state index contributed by atoms with van der Waals surface area (Å²) < 4.78 is 30.1. The Bertz CT molecular complexity index is 301. The first-order valence-corrected chi connectivity index (χ1v) is 5.67. The minimum atomic E-state index is -3.62. The highest BCUT2D eigenvalue weighted by Crippen LogP contribution is 2.03. The molecule has 1 amide bonds. The molecule has 90 valence electrons. The zero-order valence-electron chi connectivity index (χ0n) is 9.13. The molecule has 0 aromatic rings. The average Bonchev–Trinajstić information content (AvgIpc) is 2.11. The molecule has 0 atom stereocenters. The van der Waals surface area contributed by atoms with Crippen molar-refractivity contribution in [2.45, 2.75) is 0 Å². The Labute approximate surface area is 90.0 Å². The summed E-state index contributed by atoms with van der Waals surface area (Å²) in [6.45, 7) is -0.0375. The fraction of sp³-hybridized carbons (Fsp3) is 0.857. The lowest BCUT2D eigenvalue weighted by Crippen LogP contribution is -2.45. The van der Waals surface area contributed by atoms with Crippen LogP contribution < -0.4 is 5.73 Å². The summed E-state index contributed by atoms with van der Waals surface area (Å²) in [7, 11) is 0.599. The Morgan fingerprint density at radius 2 is 1.93 bits per heavy atom. The van der Waals surface area contributed by atoms with Gasteiger partial charge in [0, 0.05) is 27.7 Å². The SMILES string of the molecule is COCCN(CC(N)=O)S(=O)(=O)N(C)C. The standard InChI is InChI=1S/C7H17N3O4S/c1-9(2)15(12,13)10(4-5-14-3)6-7(8)11/h4-6H2,1-3H3,(H2,8,11). The molecular weight excluding hydrogens is 222 g/mol. The number of ether oxygens (including phenoxy) is 1. The second-order valence-corrected chi connectivity index (χ2v) is 5.23. The van der Waals surface area contributed by atoms with Crippen LogP contribution in [0, 0.1) is 0 Å². The highest BCUT2D eigenvalue weighted by molar-refractivity contribution is 7.86. The third-order valence-electron chi connectivity index (χ3n) is 1.66. The number of nitrogens with zero attached hydrogens (tertiary/aromatic N) is 2. The topological polar surface area (TPSA) is 92.9 Å². The zero-order valence-corrected chi connectivity index (χ0v) is 9.95. The summed E-state index contributed by atoms with van der Waals surface area (Å²) in [6.07, 6.45) is 0. The first-order chi connectivity index (χ1) is 6.82. The third-order valence-corrected chi connectivity index (χ3v) is 3.55. The first-order valence-electron chi connectivity index (χ1n) is 4.27. The molecule has 0 unspecified atom stereocenters. The second kappa shape index (κ2) is 6.01. The predicted octanol–water partition coefficient (Wildman–Crippen LogP) is -1.77. The minimum Gasteiger partial charge on any atom is -0.383 e. The maximum absolute atomic E-state index is 11.7. The van der Waals surface area contributed by atoms with Crippen LogP contribution in [-0.2, 0) is 19.7 Å². The van der Waals surface area contributed by atoms with Crippen LogP contribution in [0.25, 0.3) is 0 Å². The Morgan fingerprint density at radius 3 is 2.27 bits per heavy atom. The van der Waals surface area contributed by atoms with Crippen molar-refractivity contribution < 1.29 is 17.9 Å². The van der Waals surface area contributed by atoms with Crippen molar-refractivity contribution in [2.75, 3.05) is 40.9 Å². The molecule has 0 aliphatic carbocycles. The molecule has 0 saturated carbocycles. The number of rotatable bonds is 7. The maximum atomic E-state index is 11.7. The van der Waals surface area contributed by atoms with Gasteiger partial charge >= 0.3 is 0 Å². The molecule has 0 rings (SSSR count). The molecule has 7 nitrogen and oxygen atoms in total. The van der Waals surface area contributed by atoms with Crippen molar-refractivity contribution in [3.8, 4) is 0 Å². The molecule has 0 heterocycles. The molecule has 15 heavy (non-hydrogen) atoms. The van der Waals surface area contributed by atoms with Crippen LogP contribution in [0.2, 0.25) is 0 Å². The van der Waals surface area contributed by atoms with Gasteiger partial charge in [-0.1, -0.05) is 0 Å². The van der Waals surface area contributed by atoms with Crippen LogP contribution in [-0.4, -0.2) is 63.8 Å². The second-order valence-electron chi connectivity index (χ2n) is 3.08. The molecule has 0 aliphatic rings. The lowest BCUT2D eigenvalue weighted by Gasteiger charge is -2.23. The van der Waals surface area contributed by atoms with Gasteiger partial charge in [0.05, 0.1) is 13.2 Å². The largest absolute Gasteiger partial charge is 0.383 e. The Balaban J connectivity index is 4.69. The Kier molecular flexibility index (Phi) is 5.73. The number of amides is 1. The van der Waals surface area contributed by atoms with Gasteiger partial charge in [-0.15, -0.1) is 0 Å². The van der Waals surface area contributed by atoms with Gasteiger partial charge in [-0.2, -0.15) is 17.0 Å². The Hall–Kier alpha value is -0.700. The zero-order chi connectivity index (χ0) is 12.1. The van der Waals surface area contributed by atoms with Crippen molar-refractivity contribution in [1.82, 2.24) is 8.61 Å². The van der Waals surface area contributed by atoms with Crippen LogP contribution in [0.15, 0.2) is 0 Å². The molecule has 0 radical (unpaired) electrons.